The number of thiophene rings is 1. The normalized spacial score (nSPS) is 11.3. The van der Waals surface area contributed by atoms with Gasteiger partial charge in [-0.1, -0.05) is 12.1 Å². The highest BCUT2D eigenvalue weighted by Gasteiger charge is 2.28. The van der Waals surface area contributed by atoms with Crippen LogP contribution < -0.4 is 15.7 Å². The van der Waals surface area contributed by atoms with Gasteiger partial charge < -0.3 is 11.1 Å². The minimum absolute atomic E-state index is 0.295. The van der Waals surface area contributed by atoms with Crippen LogP contribution in [0.4, 0.5) is 17.1 Å². The van der Waals surface area contributed by atoms with Crippen LogP contribution in [-0.2, 0) is 13.6 Å². The van der Waals surface area contributed by atoms with Crippen LogP contribution in [0, 0.1) is 0 Å². The van der Waals surface area contributed by atoms with Gasteiger partial charge in [0.1, 0.15) is 0 Å². The SMILES string of the molecule is COP(=O)(OC)N(C)c1ccc(C(=O)Nc2cc(-c3cccs3)ccc2N)cc1. The number of anilines is 3. The van der Waals surface area contributed by atoms with Gasteiger partial charge in [-0.25, -0.2) is 4.57 Å². The Balaban J connectivity index is 1.78. The molecule has 7 nitrogen and oxygen atoms in total. The van der Waals surface area contributed by atoms with Crippen LogP contribution in [0.3, 0.4) is 0 Å². The lowest BCUT2D eigenvalue weighted by molar-refractivity contribution is 0.102. The van der Waals surface area contributed by atoms with E-state index in [-0.39, 0.29) is 5.91 Å². The molecule has 0 unspecified atom stereocenters. The first-order chi connectivity index (χ1) is 13.9. The summed E-state index contributed by atoms with van der Waals surface area (Å²) in [7, 11) is 0.824. The predicted molar refractivity (Wildman–Crippen MR) is 119 cm³/mol. The fraction of sp³-hybridized carbons (Fsp3) is 0.150. The molecule has 29 heavy (non-hydrogen) atoms. The number of rotatable bonds is 7. The average molecular weight is 431 g/mol. The third-order valence-corrected chi connectivity index (χ3v) is 7.25. The van der Waals surface area contributed by atoms with E-state index in [9.17, 15) is 9.36 Å². The van der Waals surface area contributed by atoms with Crippen molar-refractivity contribution in [3.8, 4) is 10.4 Å². The lowest BCUT2D eigenvalue weighted by atomic mass is 10.1. The molecule has 1 heterocycles. The van der Waals surface area contributed by atoms with Crippen LogP contribution in [0.25, 0.3) is 10.4 Å². The van der Waals surface area contributed by atoms with Crippen LogP contribution in [0.1, 0.15) is 10.4 Å². The Hall–Kier alpha value is -2.64. The largest absolute Gasteiger partial charge is 0.434 e. The molecule has 0 radical (unpaired) electrons. The van der Waals surface area contributed by atoms with E-state index >= 15 is 0 Å². The van der Waals surface area contributed by atoms with Gasteiger partial charge in [-0.2, -0.15) is 0 Å². The Kier molecular flexibility index (Phi) is 6.39. The van der Waals surface area contributed by atoms with Gasteiger partial charge >= 0.3 is 7.75 Å². The van der Waals surface area contributed by atoms with Gasteiger partial charge in [0, 0.05) is 37.4 Å². The first-order valence-corrected chi connectivity index (χ1v) is 11.1. The summed E-state index contributed by atoms with van der Waals surface area (Å²) >= 11 is 1.61. The zero-order chi connectivity index (χ0) is 21.0. The summed E-state index contributed by atoms with van der Waals surface area (Å²) in [4.78, 5) is 13.8. The Morgan fingerprint density at radius 3 is 2.38 bits per heavy atom. The van der Waals surface area contributed by atoms with Crippen molar-refractivity contribution >= 4 is 42.1 Å². The summed E-state index contributed by atoms with van der Waals surface area (Å²) in [5, 5.41) is 4.85. The lowest BCUT2D eigenvalue weighted by Crippen LogP contribution is -2.17. The van der Waals surface area contributed by atoms with Gasteiger partial charge in [0.15, 0.2) is 0 Å². The molecule has 0 aliphatic heterocycles. The molecule has 3 N–H and O–H groups in total. The van der Waals surface area contributed by atoms with Gasteiger partial charge in [0.2, 0.25) is 0 Å². The number of hydrogen-bond donors (Lipinski definition) is 2. The lowest BCUT2D eigenvalue weighted by Gasteiger charge is -2.26. The molecule has 0 aliphatic rings. The zero-order valence-corrected chi connectivity index (χ0v) is 18.0. The van der Waals surface area contributed by atoms with Crippen LogP contribution in [0.5, 0.6) is 0 Å². The molecule has 1 amide bonds. The molecule has 0 spiro atoms. The highest BCUT2D eigenvalue weighted by molar-refractivity contribution is 7.55. The number of carbonyl (C=O) groups excluding carboxylic acids is 1. The third kappa shape index (κ3) is 4.52. The second-order valence-electron chi connectivity index (χ2n) is 6.14. The number of nitrogens with zero attached hydrogens (tertiary/aromatic N) is 1. The maximum atomic E-state index is 12.7. The smallest absolute Gasteiger partial charge is 0.397 e. The second kappa shape index (κ2) is 8.80. The molecular formula is C20H22N3O4PS. The summed E-state index contributed by atoms with van der Waals surface area (Å²) < 4.78 is 23.8. The number of carbonyl (C=O) groups is 1. The molecule has 0 aliphatic carbocycles. The van der Waals surface area contributed by atoms with E-state index in [1.807, 2.05) is 29.6 Å². The number of nitrogens with two attached hydrogens (primary N) is 1. The highest BCUT2D eigenvalue weighted by Crippen LogP contribution is 2.51. The van der Waals surface area contributed by atoms with Gasteiger partial charge in [-0.3, -0.25) is 18.5 Å². The molecular weight excluding hydrogens is 409 g/mol. The minimum atomic E-state index is -3.41. The monoisotopic (exact) mass is 431 g/mol. The molecule has 0 fully saturated rings. The van der Waals surface area contributed by atoms with Crippen LogP contribution in [0.15, 0.2) is 60.0 Å². The summed E-state index contributed by atoms with van der Waals surface area (Å²) in [6, 6.07) is 16.1. The Morgan fingerprint density at radius 2 is 1.79 bits per heavy atom. The van der Waals surface area contributed by atoms with Gasteiger partial charge in [0.05, 0.1) is 11.4 Å². The van der Waals surface area contributed by atoms with E-state index in [2.05, 4.69) is 5.32 Å². The van der Waals surface area contributed by atoms with Crippen molar-refractivity contribution in [2.45, 2.75) is 0 Å². The minimum Gasteiger partial charge on any atom is -0.397 e. The second-order valence-corrected chi connectivity index (χ2v) is 9.35. The number of nitrogen functional groups attached to an aromatic ring is 1. The molecule has 0 saturated carbocycles. The van der Waals surface area contributed by atoms with E-state index in [0.717, 1.165) is 10.4 Å². The fourth-order valence-corrected chi connectivity index (χ4v) is 4.52. The molecule has 9 heteroatoms. The van der Waals surface area contributed by atoms with Gasteiger partial charge in [0.25, 0.3) is 5.91 Å². The van der Waals surface area contributed by atoms with Crippen LogP contribution >= 0.6 is 19.1 Å². The predicted octanol–water partition coefficient (Wildman–Crippen LogP) is 5.09. The van der Waals surface area contributed by atoms with E-state index in [4.69, 9.17) is 14.8 Å². The maximum absolute atomic E-state index is 12.7. The van der Waals surface area contributed by atoms with Gasteiger partial charge in [-0.15, -0.1) is 11.3 Å². The molecule has 0 bridgehead atoms. The number of amides is 1. The van der Waals surface area contributed by atoms with E-state index < -0.39 is 7.75 Å². The summed E-state index contributed by atoms with van der Waals surface area (Å²) in [6.45, 7) is 0. The maximum Gasteiger partial charge on any atom is 0.434 e. The molecule has 0 atom stereocenters. The number of benzene rings is 2. The van der Waals surface area contributed by atoms with Crippen LogP contribution in [-0.4, -0.2) is 27.2 Å². The van der Waals surface area contributed by atoms with Crippen molar-refractivity contribution in [1.82, 2.24) is 0 Å². The molecule has 152 valence electrons. The van der Waals surface area contributed by atoms with Crippen LogP contribution in [0.2, 0.25) is 0 Å². The topological polar surface area (TPSA) is 93.9 Å². The number of hydrogen-bond acceptors (Lipinski definition) is 6. The molecule has 3 aromatic rings. The van der Waals surface area contributed by atoms with Crippen molar-refractivity contribution in [1.29, 1.82) is 0 Å². The Labute approximate surface area is 173 Å². The molecule has 1 aromatic heterocycles. The summed E-state index contributed by atoms with van der Waals surface area (Å²) in [6.07, 6.45) is 0. The van der Waals surface area contributed by atoms with E-state index in [1.54, 1.807) is 48.7 Å². The Morgan fingerprint density at radius 1 is 1.10 bits per heavy atom. The fourth-order valence-electron chi connectivity index (χ4n) is 2.74. The van der Waals surface area contributed by atoms with Crippen molar-refractivity contribution in [2.24, 2.45) is 0 Å². The first kappa shape index (κ1) is 21.1. The summed E-state index contributed by atoms with van der Waals surface area (Å²) in [5.74, 6) is -0.295. The summed E-state index contributed by atoms with van der Waals surface area (Å²) in [5.41, 5.74) is 9.07. The number of nitrogens with one attached hydrogen (secondary N) is 1. The van der Waals surface area contributed by atoms with E-state index in [1.165, 1.54) is 18.9 Å². The first-order valence-electron chi connectivity index (χ1n) is 8.68. The quantitative estimate of drug-likeness (QED) is 0.400. The van der Waals surface area contributed by atoms with Crippen molar-refractivity contribution < 1.29 is 18.4 Å². The zero-order valence-electron chi connectivity index (χ0n) is 16.3. The molecule has 0 saturated heterocycles. The average Bonchev–Trinajstić information content (AvgIpc) is 3.29. The molecule has 3 rings (SSSR count). The molecule has 2 aromatic carbocycles. The Bertz CT molecular complexity index is 1030. The van der Waals surface area contributed by atoms with Crippen molar-refractivity contribution in [3.05, 3.63) is 65.5 Å². The van der Waals surface area contributed by atoms with E-state index in [0.29, 0.717) is 22.6 Å². The standard InChI is InChI=1S/C20H22N3O4PS/c1-23(28(25,26-2)27-3)16-9-6-14(7-10-16)20(24)22-18-13-15(8-11-17(18)21)19-5-4-12-29-19/h4-13H,21H2,1-3H3,(H,22,24). The van der Waals surface area contributed by atoms with Crippen molar-refractivity contribution in [3.63, 3.8) is 0 Å². The third-order valence-electron chi connectivity index (χ3n) is 4.44. The van der Waals surface area contributed by atoms with Gasteiger partial charge in [-0.05, 0) is 53.4 Å². The van der Waals surface area contributed by atoms with Crippen molar-refractivity contribution in [2.75, 3.05) is 37.0 Å². The highest BCUT2D eigenvalue weighted by atomic mass is 32.1.